The van der Waals surface area contributed by atoms with Crippen LogP contribution in [0, 0.1) is 13.8 Å². The number of aryl methyl sites for hydroxylation is 1. The summed E-state index contributed by atoms with van der Waals surface area (Å²) in [7, 11) is 0. The van der Waals surface area contributed by atoms with Crippen molar-refractivity contribution in [1.29, 1.82) is 0 Å². The van der Waals surface area contributed by atoms with Crippen LogP contribution in [0.5, 0.6) is 0 Å². The van der Waals surface area contributed by atoms with Gasteiger partial charge < -0.3 is 10.4 Å². The maximum Gasteiger partial charge on any atom is 0.335 e. The number of benzene rings is 2. The summed E-state index contributed by atoms with van der Waals surface area (Å²) in [5, 5.41) is 12.7. The minimum absolute atomic E-state index is 0.240. The second kappa shape index (κ2) is 7.18. The Kier molecular flexibility index (Phi) is 4.80. The zero-order chi connectivity index (χ0) is 17.8. The lowest BCUT2D eigenvalue weighted by Crippen LogP contribution is -2.03. The minimum Gasteiger partial charge on any atom is -0.478 e. The Morgan fingerprint density at radius 3 is 2.56 bits per heavy atom. The maximum absolute atomic E-state index is 11.2. The van der Waals surface area contributed by atoms with Gasteiger partial charge in [0.1, 0.15) is 0 Å². The van der Waals surface area contributed by atoms with E-state index in [1.165, 1.54) is 17.8 Å². The highest BCUT2D eigenvalue weighted by Gasteiger charge is 2.11. The van der Waals surface area contributed by atoms with Gasteiger partial charge in [-0.15, -0.1) is 0 Å². The lowest BCUT2D eigenvalue weighted by Gasteiger charge is -2.15. The van der Waals surface area contributed by atoms with Crippen molar-refractivity contribution in [2.24, 2.45) is 0 Å². The first-order chi connectivity index (χ1) is 12.0. The van der Waals surface area contributed by atoms with Crippen LogP contribution in [0.4, 0.5) is 5.69 Å². The standard InChI is InChI=1S/C21H20N2O2/c1-14-10-18(20-12-17(21(24)25)8-9-22-20)15(2)19(11-14)23-13-16-6-4-3-5-7-16/h3-12,23H,13H2,1-2H3,(H,24,25). The van der Waals surface area contributed by atoms with Crippen LogP contribution in [0.3, 0.4) is 0 Å². The quantitative estimate of drug-likeness (QED) is 0.712. The van der Waals surface area contributed by atoms with Crippen molar-refractivity contribution in [3.05, 3.63) is 83.0 Å². The average molecular weight is 332 g/mol. The summed E-state index contributed by atoms with van der Waals surface area (Å²) < 4.78 is 0. The highest BCUT2D eigenvalue weighted by Crippen LogP contribution is 2.30. The van der Waals surface area contributed by atoms with Crippen molar-refractivity contribution >= 4 is 11.7 Å². The van der Waals surface area contributed by atoms with Gasteiger partial charge >= 0.3 is 5.97 Å². The van der Waals surface area contributed by atoms with Crippen molar-refractivity contribution in [3.63, 3.8) is 0 Å². The number of anilines is 1. The number of nitrogens with one attached hydrogen (secondary N) is 1. The van der Waals surface area contributed by atoms with Gasteiger partial charge in [-0.2, -0.15) is 0 Å². The number of carboxylic acids is 1. The van der Waals surface area contributed by atoms with Crippen molar-refractivity contribution in [2.75, 3.05) is 5.32 Å². The summed E-state index contributed by atoms with van der Waals surface area (Å²) >= 11 is 0. The normalized spacial score (nSPS) is 10.5. The third-order valence-corrected chi connectivity index (χ3v) is 4.16. The van der Waals surface area contributed by atoms with Gasteiger partial charge in [-0.25, -0.2) is 4.79 Å². The smallest absolute Gasteiger partial charge is 0.335 e. The molecule has 0 atom stereocenters. The van der Waals surface area contributed by atoms with E-state index < -0.39 is 5.97 Å². The van der Waals surface area contributed by atoms with Crippen molar-refractivity contribution in [2.45, 2.75) is 20.4 Å². The molecule has 0 amide bonds. The van der Waals surface area contributed by atoms with E-state index in [1.807, 2.05) is 38.1 Å². The summed E-state index contributed by atoms with van der Waals surface area (Å²) in [4.78, 5) is 15.6. The molecule has 1 aromatic heterocycles. The maximum atomic E-state index is 11.2. The second-order valence-electron chi connectivity index (χ2n) is 6.06. The highest BCUT2D eigenvalue weighted by atomic mass is 16.4. The van der Waals surface area contributed by atoms with Crippen LogP contribution in [0.25, 0.3) is 11.3 Å². The average Bonchev–Trinajstić information content (AvgIpc) is 2.63. The predicted molar refractivity (Wildman–Crippen MR) is 99.9 cm³/mol. The molecule has 126 valence electrons. The van der Waals surface area contributed by atoms with E-state index in [9.17, 15) is 9.90 Å². The molecule has 0 aliphatic heterocycles. The van der Waals surface area contributed by atoms with Gasteiger partial charge in [0.2, 0.25) is 0 Å². The second-order valence-corrected chi connectivity index (χ2v) is 6.06. The van der Waals surface area contributed by atoms with Crippen LogP contribution in [0.2, 0.25) is 0 Å². The van der Waals surface area contributed by atoms with Gasteiger partial charge in [0.05, 0.1) is 11.3 Å². The summed E-state index contributed by atoms with van der Waals surface area (Å²) in [6, 6.07) is 17.5. The first-order valence-corrected chi connectivity index (χ1v) is 8.13. The zero-order valence-corrected chi connectivity index (χ0v) is 14.3. The molecule has 3 rings (SSSR count). The van der Waals surface area contributed by atoms with Gasteiger partial charge in [0, 0.05) is 24.0 Å². The third kappa shape index (κ3) is 3.86. The fourth-order valence-corrected chi connectivity index (χ4v) is 2.81. The topological polar surface area (TPSA) is 62.2 Å². The van der Waals surface area contributed by atoms with E-state index in [1.54, 1.807) is 6.07 Å². The number of pyridine rings is 1. The molecule has 4 heteroatoms. The summed E-state index contributed by atoms with van der Waals surface area (Å²) in [6.45, 7) is 4.78. The van der Waals surface area contributed by atoms with Crippen molar-refractivity contribution in [3.8, 4) is 11.3 Å². The largest absolute Gasteiger partial charge is 0.478 e. The van der Waals surface area contributed by atoms with Gasteiger partial charge in [-0.05, 0) is 54.8 Å². The molecule has 0 bridgehead atoms. The molecule has 0 saturated carbocycles. The third-order valence-electron chi connectivity index (χ3n) is 4.16. The van der Waals surface area contributed by atoms with Crippen molar-refractivity contribution in [1.82, 2.24) is 4.98 Å². The molecule has 0 aliphatic rings. The lowest BCUT2D eigenvalue weighted by atomic mass is 9.99. The Hall–Kier alpha value is -3.14. The summed E-state index contributed by atoms with van der Waals surface area (Å²) in [5.74, 6) is -0.948. The number of aromatic nitrogens is 1. The number of carbonyl (C=O) groups is 1. The van der Waals surface area contributed by atoms with Crippen LogP contribution >= 0.6 is 0 Å². The van der Waals surface area contributed by atoms with Gasteiger partial charge in [0.15, 0.2) is 0 Å². The Morgan fingerprint density at radius 2 is 1.84 bits per heavy atom. The molecule has 0 radical (unpaired) electrons. The monoisotopic (exact) mass is 332 g/mol. The van der Waals surface area contributed by atoms with Crippen LogP contribution in [0.15, 0.2) is 60.8 Å². The number of hydrogen-bond donors (Lipinski definition) is 2. The predicted octanol–water partition coefficient (Wildman–Crippen LogP) is 4.68. The highest BCUT2D eigenvalue weighted by molar-refractivity contribution is 5.89. The summed E-state index contributed by atoms with van der Waals surface area (Å²) in [6.07, 6.45) is 1.54. The fourth-order valence-electron chi connectivity index (χ4n) is 2.81. The first-order valence-electron chi connectivity index (χ1n) is 8.13. The molecule has 3 aromatic rings. The van der Waals surface area contributed by atoms with Gasteiger partial charge in [-0.1, -0.05) is 30.3 Å². The number of rotatable bonds is 5. The van der Waals surface area contributed by atoms with E-state index in [0.29, 0.717) is 5.69 Å². The molecular weight excluding hydrogens is 312 g/mol. The first kappa shape index (κ1) is 16.7. The van der Waals surface area contributed by atoms with Crippen LogP contribution in [-0.4, -0.2) is 16.1 Å². The Bertz CT molecular complexity index is 905. The van der Waals surface area contributed by atoms with E-state index in [2.05, 4.69) is 28.5 Å². The van der Waals surface area contributed by atoms with Gasteiger partial charge in [-0.3, -0.25) is 4.98 Å². The Morgan fingerprint density at radius 1 is 1.08 bits per heavy atom. The molecule has 0 unspecified atom stereocenters. The number of carboxylic acid groups (broad SMARTS) is 1. The molecule has 2 N–H and O–H groups in total. The number of nitrogens with zero attached hydrogens (tertiary/aromatic N) is 1. The van der Waals surface area contributed by atoms with Crippen LogP contribution < -0.4 is 5.32 Å². The minimum atomic E-state index is -0.948. The molecule has 2 aromatic carbocycles. The van der Waals surface area contributed by atoms with E-state index in [-0.39, 0.29) is 5.56 Å². The van der Waals surface area contributed by atoms with Gasteiger partial charge in [0.25, 0.3) is 0 Å². The van der Waals surface area contributed by atoms with E-state index >= 15 is 0 Å². The molecule has 1 heterocycles. The molecular formula is C21H20N2O2. The number of aromatic carboxylic acids is 1. The molecule has 4 nitrogen and oxygen atoms in total. The van der Waals surface area contributed by atoms with E-state index in [4.69, 9.17) is 0 Å². The molecule has 0 saturated heterocycles. The lowest BCUT2D eigenvalue weighted by molar-refractivity contribution is 0.0697. The van der Waals surface area contributed by atoms with Crippen LogP contribution in [-0.2, 0) is 6.54 Å². The fraction of sp³-hybridized carbons (Fsp3) is 0.143. The van der Waals surface area contributed by atoms with Crippen molar-refractivity contribution < 1.29 is 9.90 Å². The molecule has 25 heavy (non-hydrogen) atoms. The zero-order valence-electron chi connectivity index (χ0n) is 14.3. The number of hydrogen-bond acceptors (Lipinski definition) is 3. The molecule has 0 aliphatic carbocycles. The van der Waals surface area contributed by atoms with Crippen LogP contribution in [0.1, 0.15) is 27.0 Å². The molecule has 0 spiro atoms. The Labute approximate surface area is 147 Å². The molecule has 0 fully saturated rings. The van der Waals surface area contributed by atoms with E-state index in [0.717, 1.165) is 28.9 Å². The SMILES string of the molecule is Cc1cc(NCc2ccccc2)c(C)c(-c2cc(C(=O)O)ccn2)c1. The Balaban J connectivity index is 1.94. The summed E-state index contributed by atoms with van der Waals surface area (Å²) in [5.41, 5.74) is 6.24.